The van der Waals surface area contributed by atoms with Gasteiger partial charge in [-0.05, 0) is 0 Å². The Kier molecular flexibility index (Phi) is 93.0. The molecule has 0 rings (SSSR count). The van der Waals surface area contributed by atoms with E-state index in [0.717, 1.165) is 0 Å². The average Bonchev–Trinajstić information content (AvgIpc) is 0.811. The Labute approximate surface area is 107 Å². The van der Waals surface area contributed by atoms with Gasteiger partial charge in [0.2, 0.25) is 0 Å². The summed E-state index contributed by atoms with van der Waals surface area (Å²) >= 11 is 0. The molecule has 0 heterocycles. The minimum Gasteiger partial charge on any atom is -2.00 e. The van der Waals surface area contributed by atoms with Crippen molar-refractivity contribution < 1.29 is 99.6 Å². The van der Waals surface area contributed by atoms with Crippen molar-refractivity contribution in [2.24, 2.45) is 0 Å². The second-order valence-corrected chi connectivity index (χ2v) is 0.750. The van der Waals surface area contributed by atoms with E-state index in [4.69, 9.17) is 14.1 Å². The maximum atomic E-state index is 8.52. The average molecular weight is 443 g/mol. The smallest absolute Gasteiger partial charge is 2.00 e. The van der Waals surface area contributed by atoms with Crippen LogP contribution in [0.1, 0.15) is 0 Å². The second kappa shape index (κ2) is 23.0. The molecule has 0 aliphatic heterocycles. The van der Waals surface area contributed by atoms with Crippen LogP contribution in [0.5, 0.6) is 0 Å². The quantitative estimate of drug-likeness (QED) is 0.369. The molecule has 8 heteroatoms. The third-order valence-corrected chi connectivity index (χ3v) is 0. The van der Waals surface area contributed by atoms with Crippen molar-refractivity contribution in [3.05, 3.63) is 0 Å². The summed E-state index contributed by atoms with van der Waals surface area (Å²) in [5.74, 6) is 0. The Morgan fingerprint density at radius 3 is 1.00 bits per heavy atom. The van der Waals surface area contributed by atoms with E-state index in [1.807, 2.05) is 0 Å². The zero-order chi connectivity index (χ0) is 3.58. The molecule has 0 saturated carbocycles. The van der Waals surface area contributed by atoms with Crippen molar-refractivity contribution in [2.75, 3.05) is 0 Å². The summed E-state index contributed by atoms with van der Waals surface area (Å²) in [6.45, 7) is 0. The summed E-state index contributed by atoms with van der Waals surface area (Å²) in [4.78, 5) is 17.0. The number of hydrogen-bond acceptors (Lipinski definition) is 3. The van der Waals surface area contributed by atoms with E-state index in [2.05, 4.69) is 0 Å². The third-order valence-electron chi connectivity index (χ3n) is 0. The van der Waals surface area contributed by atoms with Crippen molar-refractivity contribution in [1.82, 2.24) is 0 Å². The summed E-state index contributed by atoms with van der Waals surface area (Å²) < 4.78 is 8.52. The molecule has 8 heavy (non-hydrogen) atoms. The first-order valence-electron chi connectivity index (χ1n) is 0.612. The van der Waals surface area contributed by atoms with Gasteiger partial charge in [-0.2, -0.15) is 0 Å². The zero-order valence-corrected chi connectivity index (χ0v) is 7.82. The Bertz CT molecular complexity index is 33.4. The van der Waals surface area contributed by atoms with Crippen molar-refractivity contribution in [3.63, 3.8) is 0 Å². The Balaban J connectivity index is -0.00000000750. The molecule has 2 radical (unpaired) electrons. The van der Waals surface area contributed by atoms with Crippen LogP contribution < -0.4 is 9.59 Å². The van der Waals surface area contributed by atoms with Gasteiger partial charge in [0.05, 0.1) is 0 Å². The van der Waals surface area contributed by atoms with Crippen molar-refractivity contribution in [3.8, 4) is 0 Å². The van der Waals surface area contributed by atoms with E-state index in [1.165, 1.54) is 0 Å². The summed E-state index contributed by atoms with van der Waals surface area (Å²) in [6.07, 6.45) is 0. The maximum Gasteiger partial charge on any atom is 3.00 e. The van der Waals surface area contributed by atoms with Gasteiger partial charge in [-0.15, -0.1) is 0 Å². The van der Waals surface area contributed by atoms with Crippen LogP contribution in [-0.2, 0) is 15.4 Å². The van der Waals surface area contributed by atoms with Crippen molar-refractivity contribution in [2.45, 2.75) is 0 Å². The predicted octanol–water partition coefficient (Wildman–Crippen LogP) is -3.12. The largest absolute Gasteiger partial charge is 3.00 e. The zero-order valence-electron chi connectivity index (χ0n) is 3.12. The molecule has 58 valence electrons. The predicted molar refractivity (Wildman–Crippen MR) is 7.81 cm³/mol. The van der Waals surface area contributed by atoms with Gasteiger partial charge in [-0.25, -0.2) is 0 Å². The number of hydrogen-bond donors (Lipinski definition) is 0. The van der Waals surface area contributed by atoms with Gasteiger partial charge in [0.25, 0.3) is 0 Å². The van der Waals surface area contributed by atoms with Gasteiger partial charge in [0.15, 0.2) is 0 Å². The SMILES string of the molecule is O=[Si]([O-])[O-].[Er+3].[Er+3].[O-2].[O-2]. The minimum absolute atomic E-state index is 0. The molecule has 5 nitrogen and oxygen atoms in total. The Hall–Kier alpha value is 2.03. The summed E-state index contributed by atoms with van der Waals surface area (Å²) in [5, 5.41) is 0. The fourth-order valence-electron chi connectivity index (χ4n) is 0. The third kappa shape index (κ3) is 96.3. The monoisotopic (exact) mass is 440 g/mol. The van der Waals surface area contributed by atoms with E-state index in [-0.39, 0.29) is 85.6 Å². The van der Waals surface area contributed by atoms with Crippen LogP contribution in [-0.4, -0.2) is 9.17 Å². The standard InChI is InChI=1S/2Er.O3Si.2O/c;;1-4(2)3;;/q2*+3;3*-2. The van der Waals surface area contributed by atoms with Gasteiger partial charge in [0, 0.05) is 9.17 Å². The van der Waals surface area contributed by atoms with Gasteiger partial charge in [-0.3, -0.25) is 0 Å². The molecular weight excluding hydrogens is 443 g/mol. The molecule has 0 saturated heterocycles. The van der Waals surface area contributed by atoms with Gasteiger partial charge < -0.3 is 25.0 Å². The van der Waals surface area contributed by atoms with Crippen LogP contribution in [0.4, 0.5) is 0 Å². The molecule has 0 aromatic carbocycles. The first-order valence-corrected chi connectivity index (χ1v) is 1.84. The van der Waals surface area contributed by atoms with E-state index < -0.39 is 9.17 Å². The van der Waals surface area contributed by atoms with Crippen LogP contribution in [0.25, 0.3) is 0 Å². The van der Waals surface area contributed by atoms with Crippen LogP contribution in [0.2, 0.25) is 0 Å². The normalized spacial score (nSPS) is 3.00. The molecule has 0 aliphatic carbocycles. The molecule has 0 unspecified atom stereocenters. The summed E-state index contributed by atoms with van der Waals surface area (Å²) in [7, 11) is -3.63. The molecule has 0 N–H and O–H groups in total. The molecule has 0 aliphatic rings. The fourth-order valence-corrected chi connectivity index (χ4v) is 0. The fraction of sp³-hybridized carbons (Fsp3) is 0. The molecule has 0 atom stereocenters. The summed E-state index contributed by atoms with van der Waals surface area (Å²) in [5.41, 5.74) is 0. The van der Waals surface area contributed by atoms with E-state index in [1.54, 1.807) is 0 Å². The van der Waals surface area contributed by atoms with Crippen LogP contribution in [0.15, 0.2) is 0 Å². The van der Waals surface area contributed by atoms with E-state index >= 15 is 0 Å². The Morgan fingerprint density at radius 2 is 1.00 bits per heavy atom. The second-order valence-electron chi connectivity index (χ2n) is 0.250. The van der Waals surface area contributed by atoms with Gasteiger partial charge in [-0.1, -0.05) is 0 Å². The molecule has 0 aromatic heterocycles. The molecular formula is Er2O5Si. The molecule has 0 bridgehead atoms. The molecule has 0 fully saturated rings. The summed E-state index contributed by atoms with van der Waals surface area (Å²) in [6, 6.07) is 0. The first kappa shape index (κ1) is 32.3. The minimum atomic E-state index is -3.63. The molecule has 0 aromatic rings. The maximum absolute atomic E-state index is 8.52. The topological polar surface area (TPSA) is 120 Å². The van der Waals surface area contributed by atoms with Crippen LogP contribution in [0, 0.1) is 74.6 Å². The Morgan fingerprint density at radius 1 is 1.00 bits per heavy atom. The van der Waals surface area contributed by atoms with Crippen molar-refractivity contribution >= 4 is 9.17 Å². The van der Waals surface area contributed by atoms with Gasteiger partial charge >= 0.3 is 74.6 Å². The molecule has 0 amide bonds. The van der Waals surface area contributed by atoms with Gasteiger partial charge in [0.1, 0.15) is 0 Å². The molecule has 0 spiro atoms. The van der Waals surface area contributed by atoms with E-state index in [0.29, 0.717) is 0 Å². The van der Waals surface area contributed by atoms with E-state index in [9.17, 15) is 0 Å². The van der Waals surface area contributed by atoms with Crippen LogP contribution >= 0.6 is 0 Å². The van der Waals surface area contributed by atoms with Crippen molar-refractivity contribution in [1.29, 1.82) is 0 Å². The van der Waals surface area contributed by atoms with Crippen LogP contribution in [0.3, 0.4) is 0 Å². The first-order chi connectivity index (χ1) is 1.73. The number of rotatable bonds is 0.